The van der Waals surface area contributed by atoms with Crippen molar-refractivity contribution in [1.82, 2.24) is 0 Å². The van der Waals surface area contributed by atoms with Gasteiger partial charge in [0.25, 0.3) is 0 Å². The number of allylic oxidation sites excluding steroid dienone is 1. The summed E-state index contributed by atoms with van der Waals surface area (Å²) < 4.78 is 16.1. The maximum Gasteiger partial charge on any atom is 0.224 e. The first-order valence-corrected chi connectivity index (χ1v) is 4.96. The van der Waals surface area contributed by atoms with Gasteiger partial charge in [-0.15, -0.1) is 0 Å². The van der Waals surface area contributed by atoms with E-state index >= 15 is 0 Å². The Hall–Kier alpha value is -0.0700. The molecule has 0 bridgehead atoms. The zero-order valence-electron chi connectivity index (χ0n) is 6.18. The summed E-state index contributed by atoms with van der Waals surface area (Å²) in [6.07, 6.45) is 0. The quantitative estimate of drug-likeness (QED) is 0.574. The van der Waals surface area contributed by atoms with Gasteiger partial charge >= 0.3 is 0 Å². The van der Waals surface area contributed by atoms with Gasteiger partial charge < -0.3 is 4.52 Å². The summed E-state index contributed by atoms with van der Waals surface area (Å²) in [5.41, 5.74) is 0. The Bertz CT molecular complexity index is 151. The molecule has 0 aliphatic carbocycles. The first-order chi connectivity index (χ1) is 4.00. The van der Waals surface area contributed by atoms with Gasteiger partial charge in [-0.1, -0.05) is 6.58 Å². The highest BCUT2D eigenvalue weighted by Gasteiger charge is 2.14. The van der Waals surface area contributed by atoms with Crippen molar-refractivity contribution in [2.45, 2.75) is 13.8 Å². The third-order valence-electron chi connectivity index (χ3n) is 1.07. The van der Waals surface area contributed by atoms with Gasteiger partial charge in [-0.05, 0) is 13.8 Å². The zero-order valence-corrected chi connectivity index (χ0v) is 7.07. The van der Waals surface area contributed by atoms with E-state index in [0.717, 1.165) is 0 Å². The van der Waals surface area contributed by atoms with Crippen molar-refractivity contribution in [1.29, 1.82) is 0 Å². The third-order valence-corrected chi connectivity index (χ3v) is 3.21. The highest BCUT2D eigenvalue weighted by Crippen LogP contribution is 2.49. The molecule has 0 aliphatic heterocycles. The summed E-state index contributed by atoms with van der Waals surface area (Å²) in [6.45, 7) is 9.16. The number of hydrogen-bond donors (Lipinski definition) is 0. The Morgan fingerprint density at radius 2 is 2.22 bits per heavy atom. The van der Waals surface area contributed by atoms with Crippen molar-refractivity contribution in [2.75, 3.05) is 13.3 Å². The monoisotopic (exact) mass is 148 g/mol. The molecule has 0 amide bonds. The van der Waals surface area contributed by atoms with Gasteiger partial charge in [0, 0.05) is 12.0 Å². The fourth-order valence-corrected chi connectivity index (χ4v) is 1.07. The molecule has 3 heteroatoms. The van der Waals surface area contributed by atoms with E-state index in [1.54, 1.807) is 13.6 Å². The number of rotatable bonds is 3. The summed E-state index contributed by atoms with van der Waals surface area (Å²) in [5, 5.41) is 0.629. The van der Waals surface area contributed by atoms with Crippen LogP contribution in [0.2, 0.25) is 0 Å². The Morgan fingerprint density at radius 1 is 1.78 bits per heavy atom. The SMILES string of the molecule is C=C(C)P(C)(=O)OCC. The molecule has 2 nitrogen and oxygen atoms in total. The van der Waals surface area contributed by atoms with Crippen molar-refractivity contribution >= 4 is 7.37 Å². The number of hydrogen-bond acceptors (Lipinski definition) is 2. The molecule has 0 aliphatic rings. The zero-order chi connectivity index (χ0) is 7.49. The van der Waals surface area contributed by atoms with Crippen LogP contribution in [0.3, 0.4) is 0 Å². The van der Waals surface area contributed by atoms with Crippen LogP contribution in [0.15, 0.2) is 11.9 Å². The van der Waals surface area contributed by atoms with E-state index in [9.17, 15) is 4.57 Å². The van der Waals surface area contributed by atoms with Gasteiger partial charge in [0.05, 0.1) is 6.61 Å². The van der Waals surface area contributed by atoms with Gasteiger partial charge in [0.2, 0.25) is 7.37 Å². The molecule has 0 aromatic heterocycles. The molecular weight excluding hydrogens is 135 g/mol. The summed E-state index contributed by atoms with van der Waals surface area (Å²) in [5.74, 6) is 0. The molecular formula is C6H13O2P. The summed E-state index contributed by atoms with van der Waals surface area (Å²) in [6, 6.07) is 0. The molecule has 0 aromatic carbocycles. The Morgan fingerprint density at radius 3 is 2.33 bits per heavy atom. The summed E-state index contributed by atoms with van der Waals surface area (Å²) >= 11 is 0. The molecule has 9 heavy (non-hydrogen) atoms. The molecule has 1 unspecified atom stereocenters. The molecule has 0 fully saturated rings. The maximum atomic E-state index is 11.2. The molecule has 0 heterocycles. The minimum Gasteiger partial charge on any atom is -0.326 e. The lowest BCUT2D eigenvalue weighted by atomic mass is 10.8. The van der Waals surface area contributed by atoms with E-state index in [4.69, 9.17) is 4.52 Å². The average Bonchev–Trinajstić information content (AvgIpc) is 1.65. The molecule has 0 radical (unpaired) electrons. The van der Waals surface area contributed by atoms with E-state index < -0.39 is 7.37 Å². The minimum atomic E-state index is -2.46. The van der Waals surface area contributed by atoms with Gasteiger partial charge in [0.1, 0.15) is 0 Å². The molecule has 1 atom stereocenters. The fraction of sp³-hybridized carbons (Fsp3) is 0.667. The van der Waals surface area contributed by atoms with Crippen LogP contribution in [-0.4, -0.2) is 13.3 Å². The van der Waals surface area contributed by atoms with Crippen LogP contribution in [0, 0.1) is 0 Å². The van der Waals surface area contributed by atoms with E-state index in [1.807, 2.05) is 6.92 Å². The molecule has 54 valence electrons. The van der Waals surface area contributed by atoms with Crippen molar-refractivity contribution < 1.29 is 9.09 Å². The topological polar surface area (TPSA) is 26.3 Å². The van der Waals surface area contributed by atoms with Crippen molar-refractivity contribution in [3.63, 3.8) is 0 Å². The van der Waals surface area contributed by atoms with Crippen LogP contribution >= 0.6 is 7.37 Å². The lowest BCUT2D eigenvalue weighted by Gasteiger charge is -2.10. The lowest BCUT2D eigenvalue weighted by Crippen LogP contribution is -1.87. The fourth-order valence-electron chi connectivity index (χ4n) is 0.357. The standard InChI is InChI=1S/C6H13O2P/c1-5-8-9(4,7)6(2)3/h2,5H2,1,3-4H3. The van der Waals surface area contributed by atoms with Gasteiger partial charge in [0.15, 0.2) is 0 Å². The largest absolute Gasteiger partial charge is 0.326 e. The highest BCUT2D eigenvalue weighted by molar-refractivity contribution is 7.62. The van der Waals surface area contributed by atoms with Crippen LogP contribution < -0.4 is 0 Å². The smallest absolute Gasteiger partial charge is 0.224 e. The first-order valence-electron chi connectivity index (χ1n) is 2.89. The van der Waals surface area contributed by atoms with Crippen molar-refractivity contribution in [2.24, 2.45) is 0 Å². The summed E-state index contributed by atoms with van der Waals surface area (Å²) in [7, 11) is -2.46. The molecule has 0 saturated heterocycles. The Balaban J connectivity index is 4.04. The third kappa shape index (κ3) is 2.83. The Labute approximate surface area is 56.4 Å². The molecule has 0 spiro atoms. The normalized spacial score (nSPS) is 16.8. The van der Waals surface area contributed by atoms with Crippen molar-refractivity contribution in [3.8, 4) is 0 Å². The molecule has 0 N–H and O–H groups in total. The van der Waals surface area contributed by atoms with Crippen LogP contribution in [0.1, 0.15) is 13.8 Å². The Kier molecular flexibility index (Phi) is 3.16. The van der Waals surface area contributed by atoms with E-state index in [-0.39, 0.29) is 0 Å². The predicted molar refractivity (Wildman–Crippen MR) is 40.0 cm³/mol. The molecule has 0 saturated carbocycles. The maximum absolute atomic E-state index is 11.2. The average molecular weight is 148 g/mol. The van der Waals surface area contributed by atoms with Crippen LogP contribution in [0.5, 0.6) is 0 Å². The van der Waals surface area contributed by atoms with Crippen molar-refractivity contribution in [3.05, 3.63) is 11.9 Å². The first kappa shape index (κ1) is 8.93. The van der Waals surface area contributed by atoms with Crippen LogP contribution in [0.25, 0.3) is 0 Å². The lowest BCUT2D eigenvalue weighted by molar-refractivity contribution is 0.342. The molecule has 0 aromatic rings. The highest BCUT2D eigenvalue weighted by atomic mass is 31.2. The minimum absolute atomic E-state index is 0.487. The second-order valence-electron chi connectivity index (χ2n) is 2.00. The van der Waals surface area contributed by atoms with Crippen LogP contribution in [0.4, 0.5) is 0 Å². The molecule has 0 rings (SSSR count). The van der Waals surface area contributed by atoms with E-state index in [1.165, 1.54) is 0 Å². The predicted octanol–water partition coefficient (Wildman–Crippen LogP) is 2.46. The second-order valence-corrected chi connectivity index (χ2v) is 4.71. The van der Waals surface area contributed by atoms with Crippen LogP contribution in [-0.2, 0) is 9.09 Å². The second kappa shape index (κ2) is 3.19. The summed E-state index contributed by atoms with van der Waals surface area (Å²) in [4.78, 5) is 0. The van der Waals surface area contributed by atoms with E-state index in [2.05, 4.69) is 6.58 Å². The van der Waals surface area contributed by atoms with Gasteiger partial charge in [-0.3, -0.25) is 4.57 Å². The van der Waals surface area contributed by atoms with E-state index in [0.29, 0.717) is 11.9 Å². The van der Waals surface area contributed by atoms with Gasteiger partial charge in [-0.2, -0.15) is 0 Å². The van der Waals surface area contributed by atoms with Gasteiger partial charge in [-0.25, -0.2) is 0 Å².